The molecule has 3 rings (SSSR count). The number of benzene rings is 2. The largest absolute Gasteiger partial charge is 0.478 e. The van der Waals surface area contributed by atoms with E-state index in [1.807, 2.05) is 0 Å². The molecule has 1 atom stereocenters. The van der Waals surface area contributed by atoms with Crippen molar-refractivity contribution < 1.29 is 27.5 Å². The number of aliphatic carboxylic acids is 1. The molecule has 0 aromatic heterocycles. The van der Waals surface area contributed by atoms with E-state index in [1.165, 1.54) is 18.2 Å². The van der Waals surface area contributed by atoms with Crippen molar-refractivity contribution in [1.29, 1.82) is 0 Å². The van der Waals surface area contributed by atoms with Crippen molar-refractivity contribution in [3.63, 3.8) is 0 Å². The molecule has 1 unspecified atom stereocenters. The summed E-state index contributed by atoms with van der Waals surface area (Å²) in [5.74, 6) is -1.52. The third-order valence-corrected chi connectivity index (χ3v) is 5.04. The van der Waals surface area contributed by atoms with E-state index in [2.05, 4.69) is 0 Å². The Morgan fingerprint density at radius 1 is 1.14 bits per heavy atom. The number of hydrogen-bond donors (Lipinski definition) is 1. The van der Waals surface area contributed by atoms with Gasteiger partial charge in [0, 0.05) is 17.8 Å². The number of allylic oxidation sites excluding steroid dienone is 1. The lowest BCUT2D eigenvalue weighted by Gasteiger charge is -2.40. The quantitative estimate of drug-likeness (QED) is 0.697. The summed E-state index contributed by atoms with van der Waals surface area (Å²) in [5, 5.41) is 9.73. The second-order valence-electron chi connectivity index (χ2n) is 6.75. The number of fused-ring (bicyclic) bond motifs is 1. The van der Waals surface area contributed by atoms with Gasteiger partial charge in [-0.05, 0) is 48.7 Å². The Bertz CT molecular complexity index is 932. The minimum atomic E-state index is -4.51. The maximum Gasteiger partial charge on any atom is 0.416 e. The summed E-state index contributed by atoms with van der Waals surface area (Å²) >= 11 is 0. The van der Waals surface area contributed by atoms with E-state index in [9.17, 15) is 27.5 Å². The first-order valence-corrected chi connectivity index (χ1v) is 8.80. The third-order valence-electron chi connectivity index (χ3n) is 5.04. The van der Waals surface area contributed by atoms with E-state index < -0.39 is 29.6 Å². The summed E-state index contributed by atoms with van der Waals surface area (Å²) in [6, 6.07) is 8.37. The molecule has 0 saturated carbocycles. The molecule has 1 aliphatic rings. The fourth-order valence-electron chi connectivity index (χ4n) is 3.69. The zero-order chi connectivity index (χ0) is 20.6. The molecule has 7 heteroatoms. The van der Waals surface area contributed by atoms with Gasteiger partial charge in [0.2, 0.25) is 0 Å². The Hall–Kier alpha value is -2.83. The van der Waals surface area contributed by atoms with E-state index in [1.54, 1.807) is 30.9 Å². The topological polar surface area (TPSA) is 40.5 Å². The minimum Gasteiger partial charge on any atom is -0.478 e. The highest BCUT2D eigenvalue weighted by atomic mass is 19.4. The standard InChI is InChI=1S/C21H19F4NO2/c1-3-17-19(20(27)28)12(2)16-9-6-14(21(23,24)25)10-18(16)26(17)11-13-4-7-15(22)8-5-13/h4-10,17H,3,11H2,1-2H3,(H,27,28). The average molecular weight is 393 g/mol. The molecule has 28 heavy (non-hydrogen) atoms. The van der Waals surface area contributed by atoms with Crippen LogP contribution in [-0.2, 0) is 17.5 Å². The second-order valence-corrected chi connectivity index (χ2v) is 6.75. The van der Waals surface area contributed by atoms with E-state index in [0.717, 1.165) is 12.1 Å². The maximum absolute atomic E-state index is 13.3. The lowest BCUT2D eigenvalue weighted by atomic mass is 9.86. The van der Waals surface area contributed by atoms with E-state index in [0.29, 0.717) is 28.8 Å². The molecule has 3 nitrogen and oxygen atoms in total. The molecule has 0 fully saturated rings. The van der Waals surface area contributed by atoms with Crippen molar-refractivity contribution in [3.8, 4) is 0 Å². The summed E-state index contributed by atoms with van der Waals surface area (Å²) in [6.45, 7) is 3.57. The molecule has 0 amide bonds. The van der Waals surface area contributed by atoms with Gasteiger partial charge in [-0.15, -0.1) is 0 Å². The summed E-state index contributed by atoms with van der Waals surface area (Å²) < 4.78 is 53.0. The van der Waals surface area contributed by atoms with Gasteiger partial charge in [-0.2, -0.15) is 13.2 Å². The molecular weight excluding hydrogens is 374 g/mol. The highest BCUT2D eigenvalue weighted by molar-refractivity contribution is 6.01. The normalized spacial score (nSPS) is 16.9. The molecule has 0 bridgehead atoms. The van der Waals surface area contributed by atoms with Crippen LogP contribution in [0.3, 0.4) is 0 Å². The zero-order valence-corrected chi connectivity index (χ0v) is 15.3. The van der Waals surface area contributed by atoms with Gasteiger partial charge in [0.05, 0.1) is 17.2 Å². The summed E-state index contributed by atoms with van der Waals surface area (Å²) in [6.07, 6.45) is -4.11. The van der Waals surface area contributed by atoms with Crippen LogP contribution in [0.15, 0.2) is 48.0 Å². The average Bonchev–Trinajstić information content (AvgIpc) is 2.63. The molecule has 1 aliphatic heterocycles. The summed E-state index contributed by atoms with van der Waals surface area (Å²) in [4.78, 5) is 13.6. The van der Waals surface area contributed by atoms with Crippen LogP contribution in [-0.4, -0.2) is 17.1 Å². The fourth-order valence-corrected chi connectivity index (χ4v) is 3.69. The van der Waals surface area contributed by atoms with Crippen LogP contribution < -0.4 is 4.90 Å². The van der Waals surface area contributed by atoms with Crippen molar-refractivity contribution in [2.24, 2.45) is 0 Å². The van der Waals surface area contributed by atoms with Gasteiger partial charge in [-0.25, -0.2) is 9.18 Å². The van der Waals surface area contributed by atoms with E-state index >= 15 is 0 Å². The fraction of sp³-hybridized carbons (Fsp3) is 0.286. The molecule has 1 heterocycles. The van der Waals surface area contributed by atoms with Gasteiger partial charge in [-0.3, -0.25) is 0 Å². The molecular formula is C21H19F4NO2. The number of nitrogens with zero attached hydrogens (tertiary/aromatic N) is 1. The van der Waals surface area contributed by atoms with Gasteiger partial charge in [-0.1, -0.05) is 25.1 Å². The first-order chi connectivity index (χ1) is 13.1. The van der Waals surface area contributed by atoms with Crippen LogP contribution in [0.2, 0.25) is 0 Å². The molecule has 0 radical (unpaired) electrons. The van der Waals surface area contributed by atoms with Crippen LogP contribution in [0, 0.1) is 5.82 Å². The van der Waals surface area contributed by atoms with Gasteiger partial charge < -0.3 is 10.0 Å². The molecule has 2 aromatic rings. The smallest absolute Gasteiger partial charge is 0.416 e. The number of rotatable bonds is 4. The summed E-state index contributed by atoms with van der Waals surface area (Å²) in [5.41, 5.74) is 1.28. The van der Waals surface area contributed by atoms with Crippen LogP contribution >= 0.6 is 0 Å². The highest BCUT2D eigenvalue weighted by Crippen LogP contribution is 2.43. The predicted octanol–water partition coefficient (Wildman–Crippen LogP) is 5.50. The first-order valence-electron chi connectivity index (χ1n) is 8.80. The molecule has 0 spiro atoms. The molecule has 0 saturated heterocycles. The monoisotopic (exact) mass is 393 g/mol. The Labute approximate surface area is 159 Å². The van der Waals surface area contributed by atoms with Crippen molar-refractivity contribution in [2.45, 2.75) is 39.0 Å². The Morgan fingerprint density at radius 3 is 2.32 bits per heavy atom. The lowest BCUT2D eigenvalue weighted by molar-refractivity contribution is -0.137. The SMILES string of the molecule is CCC1C(C(=O)O)=C(C)c2ccc(C(F)(F)F)cc2N1Cc1ccc(F)cc1. The van der Waals surface area contributed by atoms with Crippen LogP contribution in [0.1, 0.15) is 37.0 Å². The highest BCUT2D eigenvalue weighted by Gasteiger charge is 2.37. The van der Waals surface area contributed by atoms with Gasteiger partial charge in [0.1, 0.15) is 5.82 Å². The Kier molecular flexibility index (Phi) is 5.19. The number of carboxylic acids is 1. The first kappa shape index (κ1) is 19.9. The number of carbonyl (C=O) groups is 1. The Balaban J connectivity index is 2.18. The van der Waals surface area contributed by atoms with Crippen LogP contribution in [0.5, 0.6) is 0 Å². The number of hydrogen-bond acceptors (Lipinski definition) is 2. The number of carboxylic acid groups (broad SMARTS) is 1. The zero-order valence-electron chi connectivity index (χ0n) is 15.3. The van der Waals surface area contributed by atoms with Crippen molar-refractivity contribution in [2.75, 3.05) is 4.90 Å². The summed E-state index contributed by atoms with van der Waals surface area (Å²) in [7, 11) is 0. The number of anilines is 1. The Morgan fingerprint density at radius 2 is 1.79 bits per heavy atom. The number of halogens is 4. The molecule has 1 N–H and O–H groups in total. The number of alkyl halides is 3. The van der Waals surface area contributed by atoms with Crippen LogP contribution in [0.25, 0.3) is 5.57 Å². The van der Waals surface area contributed by atoms with E-state index in [-0.39, 0.29) is 12.1 Å². The lowest BCUT2D eigenvalue weighted by Crippen LogP contribution is -2.41. The molecule has 2 aromatic carbocycles. The van der Waals surface area contributed by atoms with Gasteiger partial charge >= 0.3 is 12.1 Å². The second kappa shape index (κ2) is 7.30. The van der Waals surface area contributed by atoms with Crippen LogP contribution in [0.4, 0.5) is 23.2 Å². The van der Waals surface area contributed by atoms with Crippen molar-refractivity contribution in [3.05, 3.63) is 70.5 Å². The van der Waals surface area contributed by atoms with Gasteiger partial charge in [0.25, 0.3) is 0 Å². The van der Waals surface area contributed by atoms with E-state index in [4.69, 9.17) is 0 Å². The van der Waals surface area contributed by atoms with Crippen molar-refractivity contribution >= 4 is 17.2 Å². The minimum absolute atomic E-state index is 0.164. The predicted molar refractivity (Wildman–Crippen MR) is 98.3 cm³/mol. The molecule has 0 aliphatic carbocycles. The van der Waals surface area contributed by atoms with Gasteiger partial charge in [0.15, 0.2) is 0 Å². The van der Waals surface area contributed by atoms with Crippen molar-refractivity contribution in [1.82, 2.24) is 0 Å². The molecule has 148 valence electrons. The third kappa shape index (κ3) is 3.61. The maximum atomic E-state index is 13.3.